The van der Waals surface area contributed by atoms with Crippen molar-refractivity contribution in [1.29, 1.82) is 0 Å². The van der Waals surface area contributed by atoms with Crippen LogP contribution >= 0.6 is 11.8 Å². The molecule has 0 spiro atoms. The summed E-state index contributed by atoms with van der Waals surface area (Å²) in [6, 6.07) is 17.9. The zero-order valence-electron chi connectivity index (χ0n) is 14.2. The SMILES string of the molecule is CC1S/C(=N\N=C\c2ccco2)N(Cc2cccc3ccccc23)C1=O. The number of hydrogen-bond acceptors (Lipinski definition) is 5. The van der Waals surface area contributed by atoms with Crippen LogP contribution in [0.1, 0.15) is 18.2 Å². The lowest BCUT2D eigenvalue weighted by molar-refractivity contribution is -0.126. The van der Waals surface area contributed by atoms with Gasteiger partial charge < -0.3 is 4.42 Å². The Balaban J connectivity index is 1.63. The average Bonchev–Trinajstić information content (AvgIpc) is 3.26. The van der Waals surface area contributed by atoms with Crippen LogP contribution in [0.4, 0.5) is 0 Å². The summed E-state index contributed by atoms with van der Waals surface area (Å²) in [5.41, 5.74) is 1.09. The Morgan fingerprint density at radius 2 is 2.00 bits per heavy atom. The van der Waals surface area contributed by atoms with Gasteiger partial charge in [-0.25, -0.2) is 0 Å². The first-order valence-corrected chi connectivity index (χ1v) is 9.19. The number of amides is 1. The van der Waals surface area contributed by atoms with Crippen LogP contribution in [0, 0.1) is 0 Å². The van der Waals surface area contributed by atoms with Crippen molar-refractivity contribution in [1.82, 2.24) is 4.90 Å². The van der Waals surface area contributed by atoms with E-state index in [-0.39, 0.29) is 11.2 Å². The maximum Gasteiger partial charge on any atom is 0.242 e. The fourth-order valence-electron chi connectivity index (χ4n) is 2.91. The molecule has 3 aromatic rings. The van der Waals surface area contributed by atoms with Crippen LogP contribution in [0.25, 0.3) is 10.8 Å². The lowest BCUT2D eigenvalue weighted by Crippen LogP contribution is -2.30. The van der Waals surface area contributed by atoms with Gasteiger partial charge in [-0.2, -0.15) is 5.10 Å². The number of carbonyl (C=O) groups is 1. The lowest BCUT2D eigenvalue weighted by Gasteiger charge is -2.17. The molecule has 130 valence electrons. The van der Waals surface area contributed by atoms with E-state index >= 15 is 0 Å². The van der Waals surface area contributed by atoms with Gasteiger partial charge in [0.25, 0.3) is 0 Å². The minimum Gasteiger partial charge on any atom is -0.463 e. The van der Waals surface area contributed by atoms with Gasteiger partial charge in [0.05, 0.1) is 24.3 Å². The zero-order valence-corrected chi connectivity index (χ0v) is 15.0. The minimum atomic E-state index is -0.164. The number of benzene rings is 2. The number of thioether (sulfide) groups is 1. The van der Waals surface area contributed by atoms with Gasteiger partial charge in [-0.1, -0.05) is 54.2 Å². The lowest BCUT2D eigenvalue weighted by atomic mass is 10.0. The second-order valence-electron chi connectivity index (χ2n) is 5.97. The van der Waals surface area contributed by atoms with Crippen molar-refractivity contribution in [2.45, 2.75) is 18.7 Å². The molecule has 1 aliphatic heterocycles. The monoisotopic (exact) mass is 363 g/mol. The van der Waals surface area contributed by atoms with E-state index in [2.05, 4.69) is 28.4 Å². The Bertz CT molecular complexity index is 990. The van der Waals surface area contributed by atoms with Crippen LogP contribution in [0.3, 0.4) is 0 Å². The molecule has 1 atom stereocenters. The van der Waals surface area contributed by atoms with Crippen molar-refractivity contribution in [2.75, 3.05) is 0 Å². The highest BCUT2D eigenvalue weighted by Gasteiger charge is 2.35. The summed E-state index contributed by atoms with van der Waals surface area (Å²) in [6.07, 6.45) is 3.12. The predicted molar refractivity (Wildman–Crippen MR) is 105 cm³/mol. The van der Waals surface area contributed by atoms with Crippen molar-refractivity contribution >= 4 is 39.8 Å². The van der Waals surface area contributed by atoms with Crippen molar-refractivity contribution < 1.29 is 9.21 Å². The van der Waals surface area contributed by atoms with Crippen molar-refractivity contribution in [3.63, 3.8) is 0 Å². The van der Waals surface area contributed by atoms with Gasteiger partial charge in [0, 0.05) is 0 Å². The van der Waals surface area contributed by atoms with Gasteiger partial charge in [-0.05, 0) is 35.4 Å². The van der Waals surface area contributed by atoms with E-state index in [1.54, 1.807) is 23.3 Å². The molecule has 1 fully saturated rings. The molecule has 1 unspecified atom stereocenters. The third kappa shape index (κ3) is 3.28. The fraction of sp³-hybridized carbons (Fsp3) is 0.150. The molecule has 2 aromatic carbocycles. The molecular formula is C20H17N3O2S. The molecule has 1 amide bonds. The first kappa shape index (κ1) is 16.6. The Morgan fingerprint density at radius 3 is 2.85 bits per heavy atom. The highest BCUT2D eigenvalue weighted by molar-refractivity contribution is 8.15. The largest absolute Gasteiger partial charge is 0.463 e. The molecule has 1 aromatic heterocycles. The van der Waals surface area contributed by atoms with E-state index in [0.717, 1.165) is 16.3 Å². The van der Waals surface area contributed by atoms with Crippen molar-refractivity contribution in [3.05, 3.63) is 72.2 Å². The summed E-state index contributed by atoms with van der Waals surface area (Å²) in [6.45, 7) is 2.37. The second kappa shape index (κ2) is 7.17. The van der Waals surface area contributed by atoms with E-state index in [0.29, 0.717) is 17.5 Å². The molecule has 5 nitrogen and oxygen atoms in total. The topological polar surface area (TPSA) is 58.2 Å². The van der Waals surface area contributed by atoms with Crippen LogP contribution < -0.4 is 0 Å². The molecule has 1 saturated heterocycles. The number of nitrogens with zero attached hydrogens (tertiary/aromatic N) is 3. The standard InChI is InChI=1S/C20H17N3O2S/c1-14-19(24)23(20(26-14)22-21-12-17-9-5-11-25-17)13-16-8-4-7-15-6-2-3-10-18(15)16/h2-12,14H,13H2,1H3/b21-12+,22-20-. The fourth-order valence-corrected chi connectivity index (χ4v) is 3.83. The van der Waals surface area contributed by atoms with Gasteiger partial charge in [-0.15, -0.1) is 5.10 Å². The van der Waals surface area contributed by atoms with Crippen LogP contribution in [0.2, 0.25) is 0 Å². The number of fused-ring (bicyclic) bond motifs is 1. The summed E-state index contributed by atoms with van der Waals surface area (Å²) in [5, 5.41) is 11.1. The van der Waals surface area contributed by atoms with Gasteiger partial charge >= 0.3 is 0 Å². The predicted octanol–water partition coefficient (Wildman–Crippen LogP) is 4.29. The number of amidine groups is 1. The number of carbonyl (C=O) groups excluding carboxylic acids is 1. The normalized spacial score (nSPS) is 19.3. The van der Waals surface area contributed by atoms with E-state index < -0.39 is 0 Å². The third-order valence-electron chi connectivity index (χ3n) is 4.21. The summed E-state index contributed by atoms with van der Waals surface area (Å²) in [4.78, 5) is 14.3. The molecule has 26 heavy (non-hydrogen) atoms. The Labute approximate surface area is 155 Å². The smallest absolute Gasteiger partial charge is 0.242 e. The Hall–Kier alpha value is -2.86. The Kier molecular flexibility index (Phi) is 4.58. The van der Waals surface area contributed by atoms with Crippen LogP contribution in [-0.2, 0) is 11.3 Å². The first-order chi connectivity index (χ1) is 12.7. The van der Waals surface area contributed by atoms with Crippen LogP contribution in [0.15, 0.2) is 75.5 Å². The third-order valence-corrected chi connectivity index (χ3v) is 5.27. The molecule has 0 bridgehead atoms. The van der Waals surface area contributed by atoms with E-state index in [1.807, 2.05) is 31.2 Å². The summed E-state index contributed by atoms with van der Waals surface area (Å²) >= 11 is 1.43. The molecule has 0 radical (unpaired) electrons. The number of furan rings is 1. The van der Waals surface area contributed by atoms with Crippen molar-refractivity contribution in [3.8, 4) is 0 Å². The highest BCUT2D eigenvalue weighted by atomic mass is 32.2. The minimum absolute atomic E-state index is 0.0508. The average molecular weight is 363 g/mol. The van der Waals surface area contributed by atoms with Gasteiger partial charge in [-0.3, -0.25) is 9.69 Å². The molecule has 0 aliphatic carbocycles. The van der Waals surface area contributed by atoms with Crippen LogP contribution in [0.5, 0.6) is 0 Å². The summed E-state index contributed by atoms with van der Waals surface area (Å²) in [7, 11) is 0. The Morgan fingerprint density at radius 1 is 1.15 bits per heavy atom. The highest BCUT2D eigenvalue weighted by Crippen LogP contribution is 2.30. The van der Waals surface area contributed by atoms with Gasteiger partial charge in [0.15, 0.2) is 5.17 Å². The zero-order chi connectivity index (χ0) is 17.9. The molecular weight excluding hydrogens is 346 g/mol. The second-order valence-corrected chi connectivity index (χ2v) is 7.27. The number of hydrogen-bond donors (Lipinski definition) is 0. The van der Waals surface area contributed by atoms with E-state index in [9.17, 15) is 4.79 Å². The van der Waals surface area contributed by atoms with Crippen LogP contribution in [-0.4, -0.2) is 27.4 Å². The maximum atomic E-state index is 12.6. The summed E-state index contributed by atoms with van der Waals surface area (Å²) in [5.74, 6) is 0.673. The van der Waals surface area contributed by atoms with Crippen molar-refractivity contribution in [2.24, 2.45) is 10.2 Å². The van der Waals surface area contributed by atoms with E-state index in [4.69, 9.17) is 4.42 Å². The molecule has 1 aliphatic rings. The van der Waals surface area contributed by atoms with Gasteiger partial charge in [0.1, 0.15) is 5.76 Å². The number of rotatable bonds is 4. The molecule has 2 heterocycles. The summed E-state index contributed by atoms with van der Waals surface area (Å²) < 4.78 is 5.21. The van der Waals surface area contributed by atoms with Gasteiger partial charge in [0.2, 0.25) is 5.91 Å². The molecule has 6 heteroatoms. The molecule has 0 N–H and O–H groups in total. The quantitative estimate of drug-likeness (QED) is 0.513. The molecule has 4 rings (SSSR count). The molecule has 0 saturated carbocycles. The maximum absolute atomic E-state index is 12.6. The first-order valence-electron chi connectivity index (χ1n) is 8.31. The van der Waals surface area contributed by atoms with E-state index in [1.165, 1.54) is 18.0 Å².